The number of aryl methyl sites for hydroxylation is 2. The van der Waals surface area contributed by atoms with Crippen LogP contribution in [0.5, 0.6) is 0 Å². The van der Waals surface area contributed by atoms with Gasteiger partial charge in [-0.1, -0.05) is 18.2 Å². The third-order valence-corrected chi connectivity index (χ3v) is 3.23. The Bertz CT molecular complexity index is 534. The van der Waals surface area contributed by atoms with E-state index in [9.17, 15) is 4.79 Å². The van der Waals surface area contributed by atoms with Gasteiger partial charge in [0.25, 0.3) is 0 Å². The second-order valence-electron chi connectivity index (χ2n) is 4.44. The number of fused-ring (bicyclic) bond motifs is 1. The molecule has 2 heterocycles. The van der Waals surface area contributed by atoms with Crippen LogP contribution in [0.2, 0.25) is 0 Å². The van der Waals surface area contributed by atoms with E-state index in [1.54, 1.807) is 0 Å². The molecule has 0 fully saturated rings. The minimum absolute atomic E-state index is 0.702. The van der Waals surface area contributed by atoms with Gasteiger partial charge in [-0.3, -0.25) is 4.79 Å². The lowest BCUT2D eigenvalue weighted by molar-refractivity contribution is 0.112. The molecule has 0 aliphatic carbocycles. The number of hydrogen-bond acceptors (Lipinski definition) is 2. The van der Waals surface area contributed by atoms with Crippen molar-refractivity contribution in [2.75, 3.05) is 0 Å². The van der Waals surface area contributed by atoms with Gasteiger partial charge >= 0.3 is 0 Å². The van der Waals surface area contributed by atoms with Crippen LogP contribution in [-0.4, -0.2) is 15.8 Å². The Labute approximate surface area is 100 Å². The quantitative estimate of drug-likeness (QED) is 0.738. The fraction of sp³-hybridized carbons (Fsp3) is 0.286. The highest BCUT2D eigenvalue weighted by atomic mass is 16.1. The molecule has 0 radical (unpaired) electrons. The van der Waals surface area contributed by atoms with Crippen LogP contribution in [-0.2, 0) is 13.0 Å². The van der Waals surface area contributed by atoms with Gasteiger partial charge in [0.05, 0.1) is 5.69 Å². The summed E-state index contributed by atoms with van der Waals surface area (Å²) in [5.74, 6) is 1.17. The molecule has 0 saturated carbocycles. The zero-order valence-corrected chi connectivity index (χ0v) is 9.60. The average molecular weight is 226 g/mol. The first-order valence-electron chi connectivity index (χ1n) is 5.98. The number of aldehydes is 1. The lowest BCUT2D eigenvalue weighted by atomic mass is 10.1. The Hall–Kier alpha value is -1.90. The largest absolute Gasteiger partial charge is 0.334 e. The maximum atomic E-state index is 10.8. The fourth-order valence-corrected chi connectivity index (χ4v) is 2.32. The molecule has 3 nitrogen and oxygen atoms in total. The topological polar surface area (TPSA) is 34.9 Å². The number of carbonyl (C=O) groups is 1. The summed E-state index contributed by atoms with van der Waals surface area (Å²) in [7, 11) is 0. The highest BCUT2D eigenvalue weighted by Gasteiger charge is 2.13. The van der Waals surface area contributed by atoms with Crippen molar-refractivity contribution in [3.63, 3.8) is 0 Å². The summed E-state index contributed by atoms with van der Waals surface area (Å²) < 4.78 is 2.23. The molecule has 0 spiro atoms. The highest BCUT2D eigenvalue weighted by molar-refractivity contribution is 5.78. The fourth-order valence-electron chi connectivity index (χ4n) is 2.32. The molecule has 3 heteroatoms. The molecule has 0 atom stereocenters. The van der Waals surface area contributed by atoms with Crippen molar-refractivity contribution in [1.82, 2.24) is 9.55 Å². The lowest BCUT2D eigenvalue weighted by Gasteiger charge is -2.11. The van der Waals surface area contributed by atoms with Gasteiger partial charge in [0.2, 0.25) is 0 Å². The van der Waals surface area contributed by atoms with E-state index >= 15 is 0 Å². The Morgan fingerprint density at radius 2 is 2.24 bits per heavy atom. The van der Waals surface area contributed by atoms with Crippen molar-refractivity contribution in [2.45, 2.75) is 25.8 Å². The molecule has 0 bridgehead atoms. The molecule has 1 aliphatic rings. The van der Waals surface area contributed by atoms with Crippen molar-refractivity contribution >= 4 is 6.29 Å². The molecule has 3 rings (SSSR count). The Kier molecular flexibility index (Phi) is 2.52. The van der Waals surface area contributed by atoms with Gasteiger partial charge in [0, 0.05) is 30.3 Å². The molecular formula is C14H14N2O. The van der Waals surface area contributed by atoms with Crippen molar-refractivity contribution in [3.8, 4) is 11.3 Å². The second-order valence-corrected chi connectivity index (χ2v) is 4.44. The van der Waals surface area contributed by atoms with Gasteiger partial charge in [0.1, 0.15) is 12.1 Å². The molecule has 0 saturated heterocycles. The van der Waals surface area contributed by atoms with Gasteiger partial charge in [-0.25, -0.2) is 4.98 Å². The lowest BCUT2D eigenvalue weighted by Crippen LogP contribution is -2.08. The predicted octanol–water partition coefficient (Wildman–Crippen LogP) is 2.70. The van der Waals surface area contributed by atoms with Gasteiger partial charge in [-0.2, -0.15) is 0 Å². The van der Waals surface area contributed by atoms with E-state index in [0.29, 0.717) is 5.56 Å². The number of benzene rings is 1. The summed E-state index contributed by atoms with van der Waals surface area (Å²) in [4.78, 5) is 15.4. The SMILES string of the molecule is O=Cc1cccc(-c2cn3c(n2)CCCC3)c1. The zero-order chi connectivity index (χ0) is 11.7. The third-order valence-electron chi connectivity index (χ3n) is 3.23. The van der Waals surface area contributed by atoms with E-state index in [2.05, 4.69) is 15.7 Å². The van der Waals surface area contributed by atoms with Crippen molar-refractivity contribution in [3.05, 3.63) is 41.9 Å². The number of nitrogens with zero attached hydrogens (tertiary/aromatic N) is 2. The molecule has 1 aromatic heterocycles. The molecule has 17 heavy (non-hydrogen) atoms. The van der Waals surface area contributed by atoms with E-state index in [-0.39, 0.29) is 0 Å². The van der Waals surface area contributed by atoms with Crippen molar-refractivity contribution < 1.29 is 4.79 Å². The van der Waals surface area contributed by atoms with Crippen LogP contribution >= 0.6 is 0 Å². The number of hydrogen-bond donors (Lipinski definition) is 0. The molecule has 0 N–H and O–H groups in total. The van der Waals surface area contributed by atoms with E-state index in [1.807, 2.05) is 24.3 Å². The van der Waals surface area contributed by atoms with Crippen LogP contribution in [0.25, 0.3) is 11.3 Å². The molecule has 0 amide bonds. The normalized spacial score (nSPS) is 14.4. The number of carbonyl (C=O) groups excluding carboxylic acids is 1. The molecule has 1 aromatic carbocycles. The summed E-state index contributed by atoms with van der Waals surface area (Å²) in [6.45, 7) is 1.07. The summed E-state index contributed by atoms with van der Waals surface area (Å²) in [6.07, 6.45) is 6.49. The smallest absolute Gasteiger partial charge is 0.150 e. The number of imidazole rings is 1. The van der Waals surface area contributed by atoms with Crippen molar-refractivity contribution in [1.29, 1.82) is 0 Å². The molecule has 1 aliphatic heterocycles. The maximum Gasteiger partial charge on any atom is 0.150 e. The predicted molar refractivity (Wildman–Crippen MR) is 66.0 cm³/mol. The second kappa shape index (κ2) is 4.17. The van der Waals surface area contributed by atoms with Gasteiger partial charge in [-0.05, 0) is 18.9 Å². The molecule has 86 valence electrons. The molecular weight excluding hydrogens is 212 g/mol. The molecule has 2 aromatic rings. The monoisotopic (exact) mass is 226 g/mol. The maximum absolute atomic E-state index is 10.8. The van der Waals surface area contributed by atoms with Crippen LogP contribution < -0.4 is 0 Å². The number of rotatable bonds is 2. The standard InChI is InChI=1S/C14H14N2O/c17-10-11-4-3-5-12(8-11)13-9-16-7-2-1-6-14(16)15-13/h3-5,8-10H,1-2,6-7H2. The average Bonchev–Trinajstić information content (AvgIpc) is 2.82. The Morgan fingerprint density at radius 3 is 3.06 bits per heavy atom. The van der Waals surface area contributed by atoms with E-state index in [1.165, 1.54) is 18.7 Å². The van der Waals surface area contributed by atoms with Gasteiger partial charge in [-0.15, -0.1) is 0 Å². The summed E-state index contributed by atoms with van der Waals surface area (Å²) in [5, 5.41) is 0. The highest BCUT2D eigenvalue weighted by Crippen LogP contribution is 2.22. The first-order chi connectivity index (χ1) is 8.36. The summed E-state index contributed by atoms with van der Waals surface area (Å²) in [5.41, 5.74) is 2.70. The van der Waals surface area contributed by atoms with Crippen molar-refractivity contribution in [2.24, 2.45) is 0 Å². The van der Waals surface area contributed by atoms with Gasteiger partial charge in [0.15, 0.2) is 0 Å². The first kappa shape index (κ1) is 10.3. The summed E-state index contributed by atoms with van der Waals surface area (Å²) >= 11 is 0. The van der Waals surface area contributed by atoms with E-state index in [4.69, 9.17) is 0 Å². The number of aromatic nitrogens is 2. The Morgan fingerprint density at radius 1 is 1.29 bits per heavy atom. The van der Waals surface area contributed by atoms with Crippen LogP contribution in [0.4, 0.5) is 0 Å². The Balaban J connectivity index is 2.02. The molecule has 0 unspecified atom stereocenters. The zero-order valence-electron chi connectivity index (χ0n) is 9.60. The van der Waals surface area contributed by atoms with Crippen LogP contribution in [0, 0.1) is 0 Å². The minimum Gasteiger partial charge on any atom is -0.334 e. The minimum atomic E-state index is 0.702. The van der Waals surface area contributed by atoms with E-state index < -0.39 is 0 Å². The first-order valence-corrected chi connectivity index (χ1v) is 5.98. The van der Waals surface area contributed by atoms with Crippen LogP contribution in [0.3, 0.4) is 0 Å². The van der Waals surface area contributed by atoms with E-state index in [0.717, 1.165) is 30.5 Å². The summed E-state index contributed by atoms with van der Waals surface area (Å²) in [6, 6.07) is 7.60. The third kappa shape index (κ3) is 1.88. The van der Waals surface area contributed by atoms with Crippen LogP contribution in [0.1, 0.15) is 29.0 Å². The van der Waals surface area contributed by atoms with Gasteiger partial charge < -0.3 is 4.57 Å². The van der Waals surface area contributed by atoms with Crippen LogP contribution in [0.15, 0.2) is 30.5 Å².